The minimum Gasteiger partial charge on any atom is -0.456 e. The first-order chi connectivity index (χ1) is 9.50. The van der Waals surface area contributed by atoms with Gasteiger partial charge in [-0.2, -0.15) is 0 Å². The summed E-state index contributed by atoms with van der Waals surface area (Å²) in [4.78, 5) is 0. The molecule has 0 fully saturated rings. The maximum absolute atomic E-state index is 7.67. The predicted octanol–water partition coefficient (Wildman–Crippen LogP) is 4.19. The highest BCUT2D eigenvalue weighted by Crippen LogP contribution is 2.33. The third kappa shape index (κ3) is 2.82. The molecule has 0 aliphatic carbocycles. The third-order valence-electron chi connectivity index (χ3n) is 3.26. The van der Waals surface area contributed by atoms with Crippen LogP contribution in [0.3, 0.4) is 0 Å². The molecule has 0 saturated heterocycles. The Morgan fingerprint density at radius 3 is 2.45 bits per heavy atom. The average Bonchev–Trinajstić information content (AvgIpc) is 2.41. The van der Waals surface area contributed by atoms with E-state index in [9.17, 15) is 0 Å². The summed E-state index contributed by atoms with van der Waals surface area (Å²) in [5, 5.41) is 7.67. The van der Waals surface area contributed by atoms with Crippen molar-refractivity contribution in [3.05, 3.63) is 59.2 Å². The molecule has 0 saturated carbocycles. The number of nitrogen functional groups attached to an aromatic ring is 1. The smallest absolute Gasteiger partial charge is 0.141 e. The zero-order valence-electron chi connectivity index (χ0n) is 12.1. The van der Waals surface area contributed by atoms with Gasteiger partial charge in [-0.1, -0.05) is 44.2 Å². The van der Waals surface area contributed by atoms with Crippen LogP contribution in [0.5, 0.6) is 11.5 Å². The summed E-state index contributed by atoms with van der Waals surface area (Å²) < 4.78 is 6.07. The Kier molecular flexibility index (Phi) is 4.08. The Bertz CT molecular complexity index is 633. The lowest BCUT2D eigenvalue weighted by atomic mass is 10.0. The molecule has 3 heteroatoms. The van der Waals surface area contributed by atoms with Crippen molar-refractivity contribution in [2.45, 2.75) is 26.7 Å². The molecule has 20 heavy (non-hydrogen) atoms. The van der Waals surface area contributed by atoms with Crippen molar-refractivity contribution >= 4 is 5.84 Å². The minimum atomic E-state index is 0.0192. The van der Waals surface area contributed by atoms with Gasteiger partial charge >= 0.3 is 0 Å². The van der Waals surface area contributed by atoms with Gasteiger partial charge in [-0.15, -0.1) is 0 Å². The highest BCUT2D eigenvalue weighted by atomic mass is 16.5. The molecule has 0 spiro atoms. The SMILES string of the molecule is Cc1cccc(C(=N)N)c1Oc1ccccc1C(C)C. The zero-order valence-corrected chi connectivity index (χ0v) is 12.1. The van der Waals surface area contributed by atoms with Crippen molar-refractivity contribution in [3.8, 4) is 11.5 Å². The van der Waals surface area contributed by atoms with Gasteiger partial charge < -0.3 is 10.5 Å². The topological polar surface area (TPSA) is 59.1 Å². The number of hydrogen-bond acceptors (Lipinski definition) is 2. The lowest BCUT2D eigenvalue weighted by Crippen LogP contribution is -2.13. The van der Waals surface area contributed by atoms with E-state index in [0.29, 0.717) is 17.2 Å². The Morgan fingerprint density at radius 2 is 1.80 bits per heavy atom. The van der Waals surface area contributed by atoms with Crippen LogP contribution < -0.4 is 10.5 Å². The maximum Gasteiger partial charge on any atom is 0.141 e. The van der Waals surface area contributed by atoms with E-state index in [1.807, 2.05) is 43.3 Å². The molecule has 0 heterocycles. The van der Waals surface area contributed by atoms with E-state index in [4.69, 9.17) is 15.9 Å². The summed E-state index contributed by atoms with van der Waals surface area (Å²) in [5.41, 5.74) is 8.38. The summed E-state index contributed by atoms with van der Waals surface area (Å²) in [6.07, 6.45) is 0. The van der Waals surface area contributed by atoms with Crippen LogP contribution in [0.25, 0.3) is 0 Å². The molecule has 3 N–H and O–H groups in total. The standard InChI is InChI=1S/C17H20N2O/c1-11(2)13-8-4-5-10-15(13)20-16-12(3)7-6-9-14(16)17(18)19/h4-11H,1-3H3,(H3,18,19). The van der Waals surface area contributed by atoms with Gasteiger partial charge in [0.15, 0.2) is 0 Å². The summed E-state index contributed by atoms with van der Waals surface area (Å²) >= 11 is 0. The fraction of sp³-hybridized carbons (Fsp3) is 0.235. The van der Waals surface area contributed by atoms with Crippen molar-refractivity contribution < 1.29 is 4.74 Å². The van der Waals surface area contributed by atoms with E-state index in [2.05, 4.69) is 19.9 Å². The first kappa shape index (κ1) is 14.1. The van der Waals surface area contributed by atoms with Crippen LogP contribution in [-0.2, 0) is 0 Å². The molecule has 0 unspecified atom stereocenters. The Labute approximate surface area is 119 Å². The first-order valence-corrected chi connectivity index (χ1v) is 6.71. The van der Waals surface area contributed by atoms with Crippen molar-refractivity contribution in [1.82, 2.24) is 0 Å². The van der Waals surface area contributed by atoms with Gasteiger partial charge in [-0.05, 0) is 36.1 Å². The number of rotatable bonds is 4. The van der Waals surface area contributed by atoms with Gasteiger partial charge in [-0.3, -0.25) is 5.41 Å². The highest BCUT2D eigenvalue weighted by Gasteiger charge is 2.13. The van der Waals surface area contributed by atoms with Crippen LogP contribution >= 0.6 is 0 Å². The number of aryl methyl sites for hydroxylation is 1. The van der Waals surface area contributed by atoms with Crippen LogP contribution in [0.2, 0.25) is 0 Å². The zero-order chi connectivity index (χ0) is 14.7. The van der Waals surface area contributed by atoms with Crippen molar-refractivity contribution in [2.75, 3.05) is 0 Å². The molecule has 0 amide bonds. The molecular formula is C17H20N2O. The number of benzene rings is 2. The van der Waals surface area contributed by atoms with Gasteiger partial charge in [0, 0.05) is 0 Å². The van der Waals surface area contributed by atoms with Crippen molar-refractivity contribution in [3.63, 3.8) is 0 Å². The van der Waals surface area contributed by atoms with Gasteiger partial charge in [0.25, 0.3) is 0 Å². The fourth-order valence-corrected chi connectivity index (χ4v) is 2.16. The molecule has 104 valence electrons. The Balaban J connectivity index is 2.48. The van der Waals surface area contributed by atoms with Crippen LogP contribution in [0, 0.1) is 12.3 Å². The summed E-state index contributed by atoms with van der Waals surface area (Å²) in [6, 6.07) is 13.6. The van der Waals surface area contributed by atoms with Gasteiger partial charge in [0.1, 0.15) is 17.3 Å². The lowest BCUT2D eigenvalue weighted by Gasteiger charge is -2.17. The molecule has 0 atom stereocenters. The molecule has 0 aliphatic rings. The second-order valence-corrected chi connectivity index (χ2v) is 5.16. The second-order valence-electron chi connectivity index (χ2n) is 5.16. The van der Waals surface area contributed by atoms with Crippen molar-refractivity contribution in [1.29, 1.82) is 5.41 Å². The number of nitrogens with one attached hydrogen (secondary N) is 1. The first-order valence-electron chi connectivity index (χ1n) is 6.71. The van der Waals surface area contributed by atoms with Crippen molar-refractivity contribution in [2.24, 2.45) is 5.73 Å². The summed E-state index contributed by atoms with van der Waals surface area (Å²) in [5.74, 6) is 1.87. The number of hydrogen-bond donors (Lipinski definition) is 2. The fourth-order valence-electron chi connectivity index (χ4n) is 2.16. The monoisotopic (exact) mass is 268 g/mol. The molecule has 0 aliphatic heterocycles. The normalized spacial score (nSPS) is 10.6. The number of amidine groups is 1. The van der Waals surface area contributed by atoms with Crippen LogP contribution in [0.1, 0.15) is 36.5 Å². The highest BCUT2D eigenvalue weighted by molar-refractivity contribution is 5.98. The Morgan fingerprint density at radius 1 is 1.10 bits per heavy atom. The van der Waals surface area contributed by atoms with Crippen LogP contribution in [-0.4, -0.2) is 5.84 Å². The molecule has 2 rings (SSSR count). The van der Waals surface area contributed by atoms with E-state index in [-0.39, 0.29) is 5.84 Å². The third-order valence-corrected chi connectivity index (χ3v) is 3.26. The Hall–Kier alpha value is -2.29. The molecule has 3 nitrogen and oxygen atoms in total. The number of nitrogens with two attached hydrogens (primary N) is 1. The summed E-state index contributed by atoms with van der Waals surface area (Å²) in [7, 11) is 0. The quantitative estimate of drug-likeness (QED) is 0.645. The largest absolute Gasteiger partial charge is 0.456 e. The van der Waals surface area contributed by atoms with Crippen LogP contribution in [0.15, 0.2) is 42.5 Å². The van der Waals surface area contributed by atoms with E-state index >= 15 is 0 Å². The van der Waals surface area contributed by atoms with E-state index in [1.54, 1.807) is 0 Å². The second kappa shape index (κ2) is 5.78. The van der Waals surface area contributed by atoms with Gasteiger partial charge in [0.2, 0.25) is 0 Å². The lowest BCUT2D eigenvalue weighted by molar-refractivity contribution is 0.468. The predicted molar refractivity (Wildman–Crippen MR) is 82.8 cm³/mol. The molecule has 0 aromatic heterocycles. The van der Waals surface area contributed by atoms with Gasteiger partial charge in [0.05, 0.1) is 5.56 Å². The molecule has 2 aromatic rings. The average molecular weight is 268 g/mol. The minimum absolute atomic E-state index is 0.0192. The summed E-state index contributed by atoms with van der Waals surface area (Å²) in [6.45, 7) is 6.22. The molecule has 0 bridgehead atoms. The molecular weight excluding hydrogens is 248 g/mol. The van der Waals surface area contributed by atoms with E-state index < -0.39 is 0 Å². The van der Waals surface area contributed by atoms with E-state index in [0.717, 1.165) is 16.9 Å². The maximum atomic E-state index is 7.67. The van der Waals surface area contributed by atoms with E-state index in [1.165, 1.54) is 0 Å². The molecule has 0 radical (unpaired) electrons. The van der Waals surface area contributed by atoms with Gasteiger partial charge in [-0.25, -0.2) is 0 Å². The number of ether oxygens (including phenoxy) is 1. The number of para-hydroxylation sites is 2. The van der Waals surface area contributed by atoms with Crippen LogP contribution in [0.4, 0.5) is 0 Å². The molecule has 2 aromatic carbocycles.